The Morgan fingerprint density at radius 2 is 1.69 bits per heavy atom. The fourth-order valence-corrected chi connectivity index (χ4v) is 2.42. The number of halogens is 3. The number of carbonyl (C=O) groups is 2. The van der Waals surface area contributed by atoms with E-state index in [0.29, 0.717) is 13.0 Å². The Kier molecular flexibility index (Phi) is 10.6. The van der Waals surface area contributed by atoms with Crippen molar-refractivity contribution in [2.45, 2.75) is 51.6 Å². The fourth-order valence-electron chi connectivity index (χ4n) is 2.30. The molecule has 0 bridgehead atoms. The van der Waals surface area contributed by atoms with Crippen molar-refractivity contribution in [1.29, 1.82) is 0 Å². The van der Waals surface area contributed by atoms with Crippen molar-refractivity contribution < 1.29 is 32.6 Å². The summed E-state index contributed by atoms with van der Waals surface area (Å²) in [7, 11) is 1.37. The number of carbonyl (C=O) groups excluding carboxylic acids is 2. The second kappa shape index (κ2) is 12.5. The Bertz CT molecular complexity index is 581. The molecule has 0 N–H and O–H groups in total. The van der Waals surface area contributed by atoms with Crippen molar-refractivity contribution in [2.75, 3.05) is 13.7 Å². The lowest BCUT2D eigenvalue weighted by atomic mass is 10.1. The van der Waals surface area contributed by atoms with Crippen LogP contribution in [0.2, 0.25) is 0 Å². The first-order chi connectivity index (χ1) is 12.4. The number of methoxy groups -OCH3 is 1. The first-order valence-electron chi connectivity index (χ1n) is 8.42. The number of esters is 1. The molecule has 0 saturated heterocycles. The summed E-state index contributed by atoms with van der Waals surface area (Å²) in [5.41, 5.74) is 0.147. The monoisotopic (exact) mass is 392 g/mol. The molecule has 0 saturated carbocycles. The van der Waals surface area contributed by atoms with Gasteiger partial charge < -0.3 is 14.2 Å². The molecule has 0 aliphatic carbocycles. The molecule has 5 nitrogen and oxygen atoms in total. The molecule has 146 valence electrons. The van der Waals surface area contributed by atoms with Crippen molar-refractivity contribution in [3.05, 3.63) is 23.8 Å². The van der Waals surface area contributed by atoms with E-state index in [4.69, 9.17) is 16.3 Å². The van der Waals surface area contributed by atoms with Gasteiger partial charge in [-0.3, -0.25) is 9.59 Å². The van der Waals surface area contributed by atoms with Crippen LogP contribution in [0.25, 0.3) is 0 Å². The maximum Gasteiger partial charge on any atom is 0.387 e. The second-order valence-corrected chi connectivity index (χ2v) is 5.95. The van der Waals surface area contributed by atoms with Crippen molar-refractivity contribution in [1.82, 2.24) is 0 Å². The van der Waals surface area contributed by atoms with Crippen molar-refractivity contribution in [2.24, 2.45) is 0 Å². The van der Waals surface area contributed by atoms with E-state index < -0.39 is 11.9 Å². The Morgan fingerprint density at radius 3 is 2.31 bits per heavy atom. The van der Waals surface area contributed by atoms with E-state index in [-0.39, 0.29) is 23.0 Å². The van der Waals surface area contributed by atoms with Gasteiger partial charge in [-0.05, 0) is 42.6 Å². The molecule has 0 unspecified atom stereocenters. The summed E-state index contributed by atoms with van der Waals surface area (Å²) in [6, 6.07) is 3.83. The Hall–Kier alpha value is -1.89. The van der Waals surface area contributed by atoms with Crippen molar-refractivity contribution >= 4 is 22.8 Å². The van der Waals surface area contributed by atoms with Gasteiger partial charge in [-0.25, -0.2) is 0 Å². The number of alkyl halides is 2. The van der Waals surface area contributed by atoms with Gasteiger partial charge in [-0.1, -0.05) is 25.7 Å². The number of rotatable bonds is 13. The summed E-state index contributed by atoms with van der Waals surface area (Å²) < 4.78 is 39.3. The molecular formula is C18H23ClF2O5. The molecule has 1 aromatic rings. The third kappa shape index (κ3) is 8.99. The lowest BCUT2D eigenvalue weighted by Crippen LogP contribution is -2.06. The molecule has 26 heavy (non-hydrogen) atoms. The van der Waals surface area contributed by atoms with E-state index in [9.17, 15) is 18.4 Å². The molecule has 0 spiro atoms. The SMILES string of the molecule is COC(=O)CCCCCCCCOc1cc(C(=O)Cl)ccc1OC(F)F. The molecule has 1 rings (SSSR count). The van der Waals surface area contributed by atoms with Crippen LogP contribution in [0.15, 0.2) is 18.2 Å². The van der Waals surface area contributed by atoms with Gasteiger partial charge in [-0.15, -0.1) is 0 Å². The number of unbranched alkanes of at least 4 members (excludes halogenated alkanes) is 5. The summed E-state index contributed by atoms with van der Waals surface area (Å²) in [6.45, 7) is -2.68. The molecule has 0 atom stereocenters. The van der Waals surface area contributed by atoms with Gasteiger partial charge in [0.2, 0.25) is 0 Å². The molecule has 0 heterocycles. The highest BCUT2D eigenvalue weighted by atomic mass is 35.5. The van der Waals surface area contributed by atoms with Crippen LogP contribution in [0.4, 0.5) is 8.78 Å². The van der Waals surface area contributed by atoms with Crippen LogP contribution < -0.4 is 9.47 Å². The highest BCUT2D eigenvalue weighted by Crippen LogP contribution is 2.30. The minimum Gasteiger partial charge on any atom is -0.490 e. The predicted octanol–water partition coefficient (Wildman–Crippen LogP) is 4.95. The summed E-state index contributed by atoms with van der Waals surface area (Å²) in [5.74, 6) is -0.266. The maximum atomic E-state index is 12.4. The summed E-state index contributed by atoms with van der Waals surface area (Å²) >= 11 is 5.39. The van der Waals surface area contributed by atoms with Crippen LogP contribution in [0.3, 0.4) is 0 Å². The van der Waals surface area contributed by atoms with Crippen LogP contribution >= 0.6 is 11.6 Å². The largest absolute Gasteiger partial charge is 0.490 e. The van der Waals surface area contributed by atoms with Gasteiger partial charge in [0.1, 0.15) is 0 Å². The Balaban J connectivity index is 2.31. The van der Waals surface area contributed by atoms with E-state index in [1.165, 1.54) is 25.3 Å². The summed E-state index contributed by atoms with van der Waals surface area (Å²) in [5, 5.41) is -0.703. The normalized spacial score (nSPS) is 10.7. The van der Waals surface area contributed by atoms with E-state index in [2.05, 4.69) is 9.47 Å². The summed E-state index contributed by atoms with van der Waals surface area (Å²) in [4.78, 5) is 22.1. The molecule has 0 aromatic heterocycles. The smallest absolute Gasteiger partial charge is 0.387 e. The Labute approximate surface area is 156 Å². The van der Waals surface area contributed by atoms with Crippen LogP contribution in [0.5, 0.6) is 11.5 Å². The van der Waals surface area contributed by atoms with Crippen LogP contribution in [0, 0.1) is 0 Å². The fraction of sp³-hybridized carbons (Fsp3) is 0.556. The lowest BCUT2D eigenvalue weighted by Gasteiger charge is -2.13. The van der Waals surface area contributed by atoms with Gasteiger partial charge in [0, 0.05) is 12.0 Å². The maximum absolute atomic E-state index is 12.4. The standard InChI is InChI=1S/C18H23ClF2O5/c1-24-16(22)8-6-4-2-3-5-7-11-25-15-12-13(17(19)23)9-10-14(15)26-18(20)21/h9-10,12,18H,2-8,11H2,1H3. The molecular weight excluding hydrogens is 370 g/mol. The van der Waals surface area contributed by atoms with Gasteiger partial charge in [0.25, 0.3) is 5.24 Å². The second-order valence-electron chi connectivity index (χ2n) is 5.61. The minimum absolute atomic E-state index is 0.0647. The van der Waals surface area contributed by atoms with Gasteiger partial charge >= 0.3 is 12.6 Å². The molecule has 0 amide bonds. The zero-order valence-electron chi connectivity index (χ0n) is 14.6. The zero-order chi connectivity index (χ0) is 19.4. The van der Waals surface area contributed by atoms with Crippen LogP contribution in [-0.2, 0) is 9.53 Å². The number of benzene rings is 1. The topological polar surface area (TPSA) is 61.8 Å². The molecule has 0 aliphatic rings. The average Bonchev–Trinajstić information content (AvgIpc) is 2.60. The van der Waals surface area contributed by atoms with Crippen molar-refractivity contribution in [3.63, 3.8) is 0 Å². The van der Waals surface area contributed by atoms with E-state index >= 15 is 0 Å². The first-order valence-corrected chi connectivity index (χ1v) is 8.80. The number of hydrogen-bond donors (Lipinski definition) is 0. The summed E-state index contributed by atoms with van der Waals surface area (Å²) in [6.07, 6.45) is 5.78. The molecule has 0 aliphatic heterocycles. The number of ether oxygens (including phenoxy) is 3. The molecule has 1 aromatic carbocycles. The third-order valence-corrected chi connectivity index (χ3v) is 3.87. The molecule has 0 fully saturated rings. The lowest BCUT2D eigenvalue weighted by molar-refractivity contribution is -0.140. The van der Waals surface area contributed by atoms with E-state index in [1.54, 1.807) is 0 Å². The zero-order valence-corrected chi connectivity index (χ0v) is 15.4. The average molecular weight is 393 g/mol. The Morgan fingerprint density at radius 1 is 1.04 bits per heavy atom. The minimum atomic E-state index is -2.99. The van der Waals surface area contributed by atoms with E-state index in [0.717, 1.165) is 38.5 Å². The van der Waals surface area contributed by atoms with Crippen LogP contribution in [-0.4, -0.2) is 31.5 Å². The van der Waals surface area contributed by atoms with E-state index in [1.807, 2.05) is 0 Å². The predicted molar refractivity (Wildman–Crippen MR) is 93.1 cm³/mol. The molecule has 8 heteroatoms. The highest BCUT2D eigenvalue weighted by molar-refractivity contribution is 6.67. The quantitative estimate of drug-likeness (QED) is 0.270. The highest BCUT2D eigenvalue weighted by Gasteiger charge is 2.14. The van der Waals surface area contributed by atoms with Gasteiger partial charge in [0.05, 0.1) is 13.7 Å². The first kappa shape index (κ1) is 22.2. The molecule has 0 radical (unpaired) electrons. The number of hydrogen-bond acceptors (Lipinski definition) is 5. The van der Waals surface area contributed by atoms with Crippen molar-refractivity contribution in [3.8, 4) is 11.5 Å². The third-order valence-electron chi connectivity index (χ3n) is 3.65. The van der Waals surface area contributed by atoms with Crippen LogP contribution in [0.1, 0.15) is 55.3 Å². The van der Waals surface area contributed by atoms with Gasteiger partial charge in [-0.2, -0.15) is 8.78 Å². The van der Waals surface area contributed by atoms with Gasteiger partial charge in [0.15, 0.2) is 11.5 Å².